The van der Waals surface area contributed by atoms with E-state index >= 15 is 0 Å². The normalized spacial score (nSPS) is 13.1. The molecule has 132 valence electrons. The summed E-state index contributed by atoms with van der Waals surface area (Å²) >= 11 is 1.74. The molecular formula is C23H23NS2. The molecule has 0 amide bonds. The van der Waals surface area contributed by atoms with E-state index in [9.17, 15) is 0 Å². The second kappa shape index (κ2) is 6.19. The van der Waals surface area contributed by atoms with Crippen molar-refractivity contribution in [1.29, 1.82) is 0 Å². The fourth-order valence-electron chi connectivity index (χ4n) is 3.50. The largest absolute Gasteiger partial charge is 0.354 e. The quantitative estimate of drug-likeness (QED) is 0.493. The lowest BCUT2D eigenvalue weighted by Gasteiger charge is -2.25. The Balaban J connectivity index is 1.92. The number of hydrogen-bond donors (Lipinski definition) is 1. The Morgan fingerprint density at radius 1 is 1.00 bits per heavy atom. The predicted molar refractivity (Wildman–Crippen MR) is 123 cm³/mol. The molecule has 1 aromatic heterocycles. The molecule has 0 aliphatic carbocycles. The van der Waals surface area contributed by atoms with Crippen molar-refractivity contribution >= 4 is 43.7 Å². The maximum atomic E-state index is 4.33. The van der Waals surface area contributed by atoms with Crippen LogP contribution in [-0.4, -0.2) is 17.5 Å². The van der Waals surface area contributed by atoms with Gasteiger partial charge >= 0.3 is 0 Å². The summed E-state index contributed by atoms with van der Waals surface area (Å²) in [5.74, 6) is 9.66. The average molecular weight is 378 g/mol. The monoisotopic (exact) mass is 377 g/mol. The lowest BCUT2D eigenvalue weighted by atomic mass is 9.88. The van der Waals surface area contributed by atoms with E-state index in [1.54, 1.807) is 11.3 Å². The summed E-state index contributed by atoms with van der Waals surface area (Å²) in [5.41, 5.74) is 8.48. The van der Waals surface area contributed by atoms with Crippen molar-refractivity contribution in [3.8, 4) is 22.3 Å². The summed E-state index contributed by atoms with van der Waals surface area (Å²) in [6.45, 7) is 8.54. The van der Waals surface area contributed by atoms with Gasteiger partial charge in [-0.3, -0.25) is 0 Å². The van der Waals surface area contributed by atoms with E-state index < -0.39 is 9.21 Å². The highest BCUT2D eigenvalue weighted by atomic mass is 32.2. The Bertz CT molecular complexity index is 1110. The van der Waals surface area contributed by atoms with E-state index in [2.05, 4.69) is 85.3 Å². The highest BCUT2D eigenvalue weighted by Crippen LogP contribution is 2.48. The van der Waals surface area contributed by atoms with Gasteiger partial charge in [-0.25, -0.2) is 0 Å². The summed E-state index contributed by atoms with van der Waals surface area (Å²) in [6, 6.07) is 15.4. The maximum Gasteiger partial charge on any atom is 0.0578 e. The number of thiophene rings is 1. The van der Waals surface area contributed by atoms with Crippen LogP contribution in [0.5, 0.6) is 0 Å². The second-order valence-electron chi connectivity index (χ2n) is 6.81. The molecule has 1 aliphatic rings. The Hall–Kier alpha value is -2.23. The minimum Gasteiger partial charge on any atom is -0.354 e. The Kier molecular flexibility index (Phi) is 4.09. The first-order chi connectivity index (χ1) is 12.4. The van der Waals surface area contributed by atoms with Crippen molar-refractivity contribution in [3.05, 3.63) is 64.9 Å². The number of rotatable bonds is 3. The molecule has 0 bridgehead atoms. The number of benzene rings is 2. The van der Waals surface area contributed by atoms with Gasteiger partial charge in [0.05, 0.1) is 4.88 Å². The van der Waals surface area contributed by atoms with Crippen LogP contribution >= 0.6 is 20.5 Å². The van der Waals surface area contributed by atoms with E-state index in [1.165, 1.54) is 37.6 Å². The fraction of sp³-hybridized carbons (Fsp3) is 0.130. The van der Waals surface area contributed by atoms with Gasteiger partial charge in [0.2, 0.25) is 0 Å². The minimum atomic E-state index is -1.19. The zero-order valence-electron chi connectivity index (χ0n) is 15.3. The maximum absolute atomic E-state index is 4.33. The van der Waals surface area contributed by atoms with E-state index in [0.29, 0.717) is 0 Å². The number of aryl methyl sites for hydroxylation is 1. The zero-order valence-corrected chi connectivity index (χ0v) is 16.9. The molecule has 0 saturated carbocycles. The molecule has 26 heavy (non-hydrogen) atoms. The molecule has 1 nitrogen and oxygen atoms in total. The smallest absolute Gasteiger partial charge is 0.0578 e. The van der Waals surface area contributed by atoms with Crippen molar-refractivity contribution < 1.29 is 0 Å². The van der Waals surface area contributed by atoms with Gasteiger partial charge in [-0.1, -0.05) is 43.4 Å². The standard InChI is InChI=1S/C23H23NS2/c1-6-26(4,5)18-10-8-17(9-11-18)21-15(2)7-12-20-22(21)19-13-14-25-23(19)16(3)24-20/h7-14,24H,3-6H2,1-2H3. The number of hydrogen-bond acceptors (Lipinski definition) is 2. The minimum absolute atomic E-state index is 0.984. The first-order valence-corrected chi connectivity index (χ1v) is 11.7. The molecular weight excluding hydrogens is 354 g/mol. The fourth-order valence-corrected chi connectivity index (χ4v) is 5.38. The van der Waals surface area contributed by atoms with Gasteiger partial charge < -0.3 is 5.32 Å². The topological polar surface area (TPSA) is 12.0 Å². The van der Waals surface area contributed by atoms with Crippen LogP contribution in [0.3, 0.4) is 0 Å². The summed E-state index contributed by atoms with van der Waals surface area (Å²) < 4.78 is 0. The van der Waals surface area contributed by atoms with Crippen molar-refractivity contribution in [1.82, 2.24) is 0 Å². The Morgan fingerprint density at radius 3 is 2.42 bits per heavy atom. The van der Waals surface area contributed by atoms with E-state index in [-0.39, 0.29) is 0 Å². The van der Waals surface area contributed by atoms with Gasteiger partial charge in [0.1, 0.15) is 0 Å². The highest BCUT2D eigenvalue weighted by molar-refractivity contribution is 8.27. The third-order valence-corrected chi connectivity index (χ3v) is 8.45. The van der Waals surface area contributed by atoms with Gasteiger partial charge in [0.15, 0.2) is 0 Å². The summed E-state index contributed by atoms with van der Waals surface area (Å²) in [6.07, 6.45) is 0. The molecule has 1 aliphatic heterocycles. The van der Waals surface area contributed by atoms with Crippen LogP contribution in [0.1, 0.15) is 17.4 Å². The lowest BCUT2D eigenvalue weighted by molar-refractivity contribution is 1.39. The van der Waals surface area contributed by atoms with Gasteiger partial charge in [-0.15, -0.1) is 11.3 Å². The van der Waals surface area contributed by atoms with E-state index in [0.717, 1.165) is 17.1 Å². The molecule has 3 aromatic rings. The highest BCUT2D eigenvalue weighted by Gasteiger charge is 2.24. The third-order valence-electron chi connectivity index (χ3n) is 5.10. The van der Waals surface area contributed by atoms with Gasteiger partial charge in [0.25, 0.3) is 0 Å². The van der Waals surface area contributed by atoms with Gasteiger partial charge in [-0.2, -0.15) is 9.21 Å². The van der Waals surface area contributed by atoms with Crippen LogP contribution in [-0.2, 0) is 0 Å². The first-order valence-electron chi connectivity index (χ1n) is 8.67. The van der Waals surface area contributed by atoms with Crippen LogP contribution in [0.2, 0.25) is 0 Å². The van der Waals surface area contributed by atoms with Crippen LogP contribution in [0.25, 0.3) is 28.0 Å². The van der Waals surface area contributed by atoms with Gasteiger partial charge in [-0.05, 0) is 63.9 Å². The van der Waals surface area contributed by atoms with Crippen molar-refractivity contribution in [3.63, 3.8) is 0 Å². The van der Waals surface area contributed by atoms with E-state index in [1.807, 2.05) is 0 Å². The van der Waals surface area contributed by atoms with Gasteiger partial charge in [0, 0.05) is 22.5 Å². The van der Waals surface area contributed by atoms with E-state index in [4.69, 9.17) is 0 Å². The Morgan fingerprint density at radius 2 is 1.73 bits per heavy atom. The summed E-state index contributed by atoms with van der Waals surface area (Å²) in [7, 11) is -1.19. The summed E-state index contributed by atoms with van der Waals surface area (Å²) in [5, 5.41) is 5.63. The number of fused-ring (bicyclic) bond motifs is 3. The molecule has 3 heteroatoms. The molecule has 0 saturated heterocycles. The predicted octanol–water partition coefficient (Wildman–Crippen LogP) is 6.83. The summed E-state index contributed by atoms with van der Waals surface area (Å²) in [4.78, 5) is 2.49. The first kappa shape index (κ1) is 17.2. The van der Waals surface area contributed by atoms with Crippen LogP contribution in [0.15, 0.2) is 59.3 Å². The SMILES string of the molecule is C=C1Nc2ccc(C)c(-c3ccc(S(=C)(=C)CC)cc3)c2-c2ccsc21. The molecule has 0 spiro atoms. The molecule has 2 heterocycles. The molecule has 0 unspecified atom stereocenters. The van der Waals surface area contributed by atoms with Crippen molar-refractivity contribution in [2.24, 2.45) is 0 Å². The lowest BCUT2D eigenvalue weighted by Crippen LogP contribution is -2.06. The van der Waals surface area contributed by atoms with Crippen molar-refractivity contribution in [2.75, 3.05) is 11.1 Å². The Labute approximate surface area is 160 Å². The number of nitrogens with one attached hydrogen (secondary N) is 1. The molecule has 2 aromatic carbocycles. The third kappa shape index (κ3) is 2.63. The van der Waals surface area contributed by atoms with Crippen LogP contribution < -0.4 is 5.32 Å². The van der Waals surface area contributed by atoms with Crippen LogP contribution in [0, 0.1) is 6.92 Å². The molecule has 1 N–H and O–H groups in total. The number of anilines is 1. The van der Waals surface area contributed by atoms with Crippen LogP contribution in [0.4, 0.5) is 5.69 Å². The molecule has 0 fully saturated rings. The zero-order chi connectivity index (χ0) is 18.5. The molecule has 0 radical (unpaired) electrons. The van der Waals surface area contributed by atoms with Crippen molar-refractivity contribution in [2.45, 2.75) is 18.7 Å². The second-order valence-corrected chi connectivity index (χ2v) is 10.9. The molecule has 4 rings (SSSR count). The average Bonchev–Trinajstić information content (AvgIpc) is 3.13. The molecule has 0 atom stereocenters.